The van der Waals surface area contributed by atoms with Crippen LogP contribution in [-0.2, 0) is 10.3 Å². The molecule has 3 N–H and O–H groups in total. The molecule has 1 fully saturated rings. The predicted molar refractivity (Wildman–Crippen MR) is 90.6 cm³/mol. The summed E-state index contributed by atoms with van der Waals surface area (Å²) in [6.07, 6.45) is 9.45. The number of fused-ring (bicyclic) bond motifs is 1. The molecule has 1 saturated carbocycles. The largest absolute Gasteiger partial charge is 0.489 e. The lowest BCUT2D eigenvalue weighted by atomic mass is 9.91. The summed E-state index contributed by atoms with van der Waals surface area (Å²) in [5, 5.41) is 4.20. The van der Waals surface area contributed by atoms with Crippen molar-refractivity contribution in [2.75, 3.05) is 0 Å². The maximum atomic E-state index is 6.20. The van der Waals surface area contributed by atoms with Crippen LogP contribution in [-0.4, -0.2) is 23.3 Å². The van der Waals surface area contributed by atoms with Gasteiger partial charge in [-0.3, -0.25) is 4.98 Å². The van der Waals surface area contributed by atoms with Gasteiger partial charge in [0, 0.05) is 22.9 Å². The molecule has 5 nitrogen and oxygen atoms in total. The van der Waals surface area contributed by atoms with Gasteiger partial charge >= 0.3 is 0 Å². The average molecular weight is 310 g/mol. The van der Waals surface area contributed by atoms with E-state index in [9.17, 15) is 0 Å². The van der Waals surface area contributed by atoms with Gasteiger partial charge in [-0.2, -0.15) is 5.10 Å². The van der Waals surface area contributed by atoms with Gasteiger partial charge in [0.1, 0.15) is 5.76 Å². The van der Waals surface area contributed by atoms with Crippen LogP contribution < -0.4 is 11.2 Å². The van der Waals surface area contributed by atoms with E-state index in [2.05, 4.69) is 27.7 Å². The number of ether oxygens (including phenoxy) is 1. The van der Waals surface area contributed by atoms with Crippen molar-refractivity contribution in [2.24, 2.45) is 10.8 Å². The Hall–Kier alpha value is -2.14. The van der Waals surface area contributed by atoms with E-state index in [1.54, 1.807) is 0 Å². The second-order valence-electron chi connectivity index (χ2n) is 7.05. The fourth-order valence-electron chi connectivity index (χ4n) is 2.88. The number of hydrogen-bond acceptors (Lipinski definition) is 5. The summed E-state index contributed by atoms with van der Waals surface area (Å²) in [5.74, 6) is 0.935. The molecule has 1 aromatic rings. The minimum Gasteiger partial charge on any atom is -0.489 e. The van der Waals surface area contributed by atoms with Gasteiger partial charge in [-0.1, -0.05) is 12.1 Å². The van der Waals surface area contributed by atoms with E-state index in [4.69, 9.17) is 10.5 Å². The van der Waals surface area contributed by atoms with Gasteiger partial charge in [0.15, 0.2) is 0 Å². The molecule has 1 aliphatic heterocycles. The number of hydrazone groups is 1. The van der Waals surface area contributed by atoms with Crippen LogP contribution in [0.2, 0.25) is 0 Å². The zero-order valence-corrected chi connectivity index (χ0v) is 13.5. The topological polar surface area (TPSA) is 72.5 Å². The molecule has 3 aliphatic rings. The fourth-order valence-corrected chi connectivity index (χ4v) is 2.88. The highest BCUT2D eigenvalue weighted by Gasteiger charge is 2.33. The van der Waals surface area contributed by atoms with Crippen molar-refractivity contribution < 1.29 is 4.74 Å². The van der Waals surface area contributed by atoms with Gasteiger partial charge in [0.25, 0.3) is 0 Å². The Bertz CT molecular complexity index is 706. The molecule has 0 amide bonds. The lowest BCUT2D eigenvalue weighted by Gasteiger charge is -2.24. The van der Waals surface area contributed by atoms with Crippen molar-refractivity contribution >= 4 is 11.8 Å². The summed E-state index contributed by atoms with van der Waals surface area (Å²) < 4.78 is 6.20. The highest BCUT2D eigenvalue weighted by molar-refractivity contribution is 5.91. The van der Waals surface area contributed by atoms with Gasteiger partial charge in [-0.05, 0) is 44.7 Å². The van der Waals surface area contributed by atoms with Gasteiger partial charge in [0.2, 0.25) is 0 Å². The first-order chi connectivity index (χ1) is 11.0. The van der Waals surface area contributed by atoms with Crippen LogP contribution in [0.4, 0.5) is 0 Å². The van der Waals surface area contributed by atoms with Crippen LogP contribution in [0, 0.1) is 0 Å². The third-order valence-electron chi connectivity index (χ3n) is 4.47. The average Bonchev–Trinajstić information content (AvgIpc) is 3.21. The monoisotopic (exact) mass is 310 g/mol. The van der Waals surface area contributed by atoms with Crippen LogP contribution in [0.25, 0.3) is 5.57 Å². The number of nitrogens with one attached hydrogen (secondary N) is 1. The Balaban J connectivity index is 1.69. The highest BCUT2D eigenvalue weighted by atomic mass is 16.5. The SMILES string of the molecule is CC(C)(N)c1ccc(C2=CCC3NN=CC3=C2OC2CC2)nc1. The first kappa shape index (κ1) is 14.5. The van der Waals surface area contributed by atoms with Crippen LogP contribution >= 0.6 is 0 Å². The molecular weight excluding hydrogens is 288 g/mol. The van der Waals surface area contributed by atoms with Gasteiger partial charge < -0.3 is 15.9 Å². The van der Waals surface area contributed by atoms with Gasteiger partial charge in [-0.25, -0.2) is 0 Å². The van der Waals surface area contributed by atoms with Crippen molar-refractivity contribution in [1.29, 1.82) is 0 Å². The lowest BCUT2D eigenvalue weighted by molar-refractivity contribution is 0.208. The normalized spacial score (nSPS) is 23.4. The lowest BCUT2D eigenvalue weighted by Crippen LogP contribution is -2.28. The van der Waals surface area contributed by atoms with E-state index in [1.807, 2.05) is 32.3 Å². The highest BCUT2D eigenvalue weighted by Crippen LogP contribution is 2.38. The summed E-state index contributed by atoms with van der Waals surface area (Å²) in [6.45, 7) is 3.97. The minimum absolute atomic E-state index is 0.231. The van der Waals surface area contributed by atoms with Crippen LogP contribution in [0.5, 0.6) is 0 Å². The van der Waals surface area contributed by atoms with Crippen LogP contribution in [0.15, 0.2) is 40.8 Å². The molecule has 0 saturated heterocycles. The number of nitrogens with two attached hydrogens (primary N) is 1. The summed E-state index contributed by atoms with van der Waals surface area (Å²) in [7, 11) is 0. The Morgan fingerprint density at radius 3 is 2.78 bits per heavy atom. The number of aromatic nitrogens is 1. The molecule has 2 aliphatic carbocycles. The van der Waals surface area contributed by atoms with Crippen molar-refractivity contribution in [3.05, 3.63) is 47.0 Å². The maximum absolute atomic E-state index is 6.20. The molecule has 1 unspecified atom stereocenters. The zero-order valence-electron chi connectivity index (χ0n) is 13.5. The molecule has 120 valence electrons. The second kappa shape index (κ2) is 5.20. The van der Waals surface area contributed by atoms with Crippen molar-refractivity contribution in [3.8, 4) is 0 Å². The Labute approximate surface area is 136 Å². The number of pyridine rings is 1. The molecule has 0 spiro atoms. The van der Waals surface area contributed by atoms with Crippen molar-refractivity contribution in [1.82, 2.24) is 10.4 Å². The Kier molecular flexibility index (Phi) is 3.27. The number of nitrogens with zero attached hydrogens (tertiary/aromatic N) is 2. The first-order valence-electron chi connectivity index (χ1n) is 8.18. The van der Waals surface area contributed by atoms with Crippen LogP contribution in [0.1, 0.15) is 44.4 Å². The van der Waals surface area contributed by atoms with E-state index >= 15 is 0 Å². The third kappa shape index (κ3) is 2.77. The van der Waals surface area contributed by atoms with E-state index in [1.165, 1.54) is 0 Å². The summed E-state index contributed by atoms with van der Waals surface area (Å²) in [6, 6.07) is 4.32. The molecule has 0 aromatic carbocycles. The van der Waals surface area contributed by atoms with E-state index in [-0.39, 0.29) is 11.6 Å². The second-order valence-corrected chi connectivity index (χ2v) is 7.05. The number of allylic oxidation sites excluding steroid dienone is 1. The maximum Gasteiger partial charge on any atom is 0.135 e. The predicted octanol–water partition coefficient (Wildman–Crippen LogP) is 2.45. The minimum atomic E-state index is -0.384. The van der Waals surface area contributed by atoms with E-state index in [0.717, 1.165) is 47.4 Å². The molecule has 23 heavy (non-hydrogen) atoms. The number of hydrogen-bond donors (Lipinski definition) is 2. The van der Waals surface area contributed by atoms with Gasteiger partial charge in [-0.15, -0.1) is 0 Å². The molecule has 2 heterocycles. The molecular formula is C18H22N4O. The molecule has 0 radical (unpaired) electrons. The molecule has 4 rings (SSSR count). The summed E-state index contributed by atoms with van der Waals surface area (Å²) >= 11 is 0. The summed E-state index contributed by atoms with van der Waals surface area (Å²) in [4.78, 5) is 4.63. The van der Waals surface area contributed by atoms with Gasteiger partial charge in [0.05, 0.1) is 24.1 Å². The third-order valence-corrected chi connectivity index (χ3v) is 4.47. The smallest absolute Gasteiger partial charge is 0.135 e. The summed E-state index contributed by atoms with van der Waals surface area (Å²) in [5.41, 5.74) is 13.1. The molecule has 1 aromatic heterocycles. The Morgan fingerprint density at radius 2 is 2.13 bits per heavy atom. The standard InChI is InChI=1S/C18H22N4O/c1-18(2,19)11-3-7-15(20-9-11)13-6-8-16-14(10-21-22-16)17(13)23-12-4-5-12/h3,6-7,9-10,12,16,22H,4-5,8,19H2,1-2H3. The molecule has 0 bridgehead atoms. The Morgan fingerprint density at radius 1 is 1.30 bits per heavy atom. The van der Waals surface area contributed by atoms with Crippen molar-refractivity contribution in [3.63, 3.8) is 0 Å². The van der Waals surface area contributed by atoms with Crippen LogP contribution in [0.3, 0.4) is 0 Å². The van der Waals surface area contributed by atoms with E-state index < -0.39 is 0 Å². The van der Waals surface area contributed by atoms with E-state index in [0.29, 0.717) is 6.10 Å². The number of rotatable bonds is 4. The molecule has 1 atom stereocenters. The zero-order chi connectivity index (χ0) is 16.0. The quantitative estimate of drug-likeness (QED) is 0.896. The molecule has 5 heteroatoms. The van der Waals surface area contributed by atoms with Crippen molar-refractivity contribution in [2.45, 2.75) is 50.8 Å². The fraction of sp³-hybridized carbons (Fsp3) is 0.444. The first-order valence-corrected chi connectivity index (χ1v) is 8.18.